The summed E-state index contributed by atoms with van der Waals surface area (Å²) in [6.07, 6.45) is 1.85. The predicted molar refractivity (Wildman–Crippen MR) is 123 cm³/mol. The summed E-state index contributed by atoms with van der Waals surface area (Å²) in [5.41, 5.74) is 3.35. The van der Waals surface area contributed by atoms with Crippen LogP contribution in [0.15, 0.2) is 58.4 Å². The number of hydrogen-bond donors (Lipinski definition) is 3. The molecule has 1 saturated heterocycles. The average Bonchev–Trinajstić information content (AvgIpc) is 3.30. The summed E-state index contributed by atoms with van der Waals surface area (Å²) in [5, 5.41) is 6.56. The first-order chi connectivity index (χ1) is 15.0. The van der Waals surface area contributed by atoms with Gasteiger partial charge in [0.15, 0.2) is 5.96 Å². The molecule has 1 unspecified atom stereocenters. The minimum atomic E-state index is -3.54. The quantitative estimate of drug-likeness (QED) is 0.409. The lowest BCUT2D eigenvalue weighted by atomic mass is 10.1. The molecule has 31 heavy (non-hydrogen) atoms. The van der Waals surface area contributed by atoms with Crippen molar-refractivity contribution in [3.63, 3.8) is 0 Å². The molecule has 3 N–H and O–H groups in total. The fraction of sp³-hybridized carbons (Fsp3) is 0.435. The van der Waals surface area contributed by atoms with Crippen molar-refractivity contribution in [3.05, 3.63) is 65.2 Å². The molecule has 168 valence electrons. The molecule has 1 heterocycles. The number of benzene rings is 2. The molecule has 1 aliphatic heterocycles. The number of nitrogens with one attached hydrogen (secondary N) is 3. The second-order valence-corrected chi connectivity index (χ2v) is 9.43. The molecule has 0 aromatic heterocycles. The molecule has 1 fully saturated rings. The fourth-order valence-corrected chi connectivity index (χ4v) is 4.34. The van der Waals surface area contributed by atoms with Gasteiger partial charge in [-0.1, -0.05) is 42.0 Å². The largest absolute Gasteiger partial charge is 0.377 e. The van der Waals surface area contributed by atoms with Crippen molar-refractivity contribution >= 4 is 16.0 Å². The van der Waals surface area contributed by atoms with Crippen molar-refractivity contribution in [3.8, 4) is 0 Å². The van der Waals surface area contributed by atoms with E-state index >= 15 is 0 Å². The van der Waals surface area contributed by atoms with E-state index < -0.39 is 10.0 Å². The number of sulfonamides is 1. The molecule has 0 spiro atoms. The van der Waals surface area contributed by atoms with Crippen molar-refractivity contribution < 1.29 is 13.2 Å². The normalized spacial score (nSPS) is 17.0. The molecule has 0 radical (unpaired) electrons. The van der Waals surface area contributed by atoms with Gasteiger partial charge < -0.3 is 15.4 Å². The van der Waals surface area contributed by atoms with Gasteiger partial charge in [-0.15, -0.1) is 0 Å². The number of ether oxygens (including phenoxy) is 1. The van der Waals surface area contributed by atoms with Crippen LogP contribution in [0, 0.1) is 6.92 Å². The van der Waals surface area contributed by atoms with Crippen molar-refractivity contribution in [1.82, 2.24) is 15.4 Å². The van der Waals surface area contributed by atoms with E-state index in [1.807, 2.05) is 6.92 Å². The summed E-state index contributed by atoms with van der Waals surface area (Å²) in [6, 6.07) is 15.2. The molecule has 0 saturated carbocycles. The van der Waals surface area contributed by atoms with Crippen molar-refractivity contribution in [2.75, 3.05) is 19.7 Å². The van der Waals surface area contributed by atoms with Gasteiger partial charge in [0.05, 0.1) is 17.5 Å². The first kappa shape index (κ1) is 23.2. The van der Waals surface area contributed by atoms with E-state index in [4.69, 9.17) is 4.74 Å². The molecular weight excluding hydrogens is 412 g/mol. The van der Waals surface area contributed by atoms with Gasteiger partial charge in [0.25, 0.3) is 0 Å². The van der Waals surface area contributed by atoms with Gasteiger partial charge in [-0.2, -0.15) is 0 Å². The molecule has 3 rings (SSSR count). The highest BCUT2D eigenvalue weighted by molar-refractivity contribution is 7.89. The van der Waals surface area contributed by atoms with Crippen molar-refractivity contribution in [1.29, 1.82) is 0 Å². The van der Waals surface area contributed by atoms with E-state index in [1.54, 1.807) is 24.3 Å². The third-order valence-corrected chi connectivity index (χ3v) is 6.54. The number of nitrogens with zero attached hydrogens (tertiary/aromatic N) is 1. The topological polar surface area (TPSA) is 91.8 Å². The first-order valence-corrected chi connectivity index (χ1v) is 12.2. The Morgan fingerprint density at radius 3 is 2.42 bits per heavy atom. The van der Waals surface area contributed by atoms with E-state index in [1.165, 1.54) is 11.1 Å². The van der Waals surface area contributed by atoms with Crippen LogP contribution in [-0.4, -0.2) is 40.2 Å². The molecule has 2 aromatic rings. The zero-order valence-corrected chi connectivity index (χ0v) is 19.0. The number of hydrogen-bond acceptors (Lipinski definition) is 4. The van der Waals surface area contributed by atoms with E-state index in [9.17, 15) is 8.42 Å². The summed E-state index contributed by atoms with van der Waals surface area (Å²) in [6.45, 7) is 7.00. The van der Waals surface area contributed by atoms with E-state index in [-0.39, 0.29) is 11.0 Å². The van der Waals surface area contributed by atoms with Crippen molar-refractivity contribution in [2.45, 2.75) is 50.8 Å². The van der Waals surface area contributed by atoms with Gasteiger partial charge in [-0.05, 0) is 49.9 Å². The summed E-state index contributed by atoms with van der Waals surface area (Å²) in [4.78, 5) is 4.86. The minimum absolute atomic E-state index is 0.0275. The maximum Gasteiger partial charge on any atom is 0.240 e. The highest BCUT2D eigenvalue weighted by Gasteiger charge is 2.20. The Bertz CT molecular complexity index is 951. The molecule has 0 amide bonds. The van der Waals surface area contributed by atoms with Crippen LogP contribution < -0.4 is 15.4 Å². The van der Waals surface area contributed by atoms with E-state index in [2.05, 4.69) is 51.5 Å². The van der Waals surface area contributed by atoms with Gasteiger partial charge in [0.1, 0.15) is 0 Å². The van der Waals surface area contributed by atoms with Gasteiger partial charge in [-0.25, -0.2) is 18.1 Å². The van der Waals surface area contributed by atoms with Crippen LogP contribution in [0.1, 0.15) is 36.5 Å². The average molecular weight is 445 g/mol. The van der Waals surface area contributed by atoms with E-state index in [0.29, 0.717) is 26.2 Å². The van der Waals surface area contributed by atoms with Crippen LogP contribution in [0.5, 0.6) is 0 Å². The minimum Gasteiger partial charge on any atom is -0.377 e. The summed E-state index contributed by atoms with van der Waals surface area (Å²) in [7, 11) is -3.54. The Kier molecular flexibility index (Phi) is 8.45. The smallest absolute Gasteiger partial charge is 0.240 e. The molecule has 0 bridgehead atoms. The zero-order chi connectivity index (χ0) is 22.1. The monoisotopic (exact) mass is 444 g/mol. The highest BCUT2D eigenvalue weighted by Crippen LogP contribution is 2.14. The van der Waals surface area contributed by atoms with Crippen LogP contribution in [0.3, 0.4) is 0 Å². The standard InChI is InChI=1S/C23H32N4O3S/c1-3-24-23(25-15-19-8-6-18(2)7-9-19)26-16-20-10-12-22(13-11-20)31(28,29)27-17-21-5-4-14-30-21/h6-13,21,27H,3-5,14-17H2,1-2H3,(H2,24,25,26). The van der Waals surface area contributed by atoms with E-state index in [0.717, 1.165) is 30.9 Å². The fourth-order valence-electron chi connectivity index (χ4n) is 3.27. The Balaban J connectivity index is 1.55. The lowest BCUT2D eigenvalue weighted by molar-refractivity contribution is 0.114. The summed E-state index contributed by atoms with van der Waals surface area (Å²) in [5.74, 6) is 0.720. The van der Waals surface area contributed by atoms with Crippen LogP contribution in [0.4, 0.5) is 0 Å². The zero-order valence-electron chi connectivity index (χ0n) is 18.2. The Labute approximate surface area is 185 Å². The summed E-state index contributed by atoms with van der Waals surface area (Å²) < 4.78 is 33.1. The van der Waals surface area contributed by atoms with Gasteiger partial charge >= 0.3 is 0 Å². The number of guanidine groups is 1. The van der Waals surface area contributed by atoms with Gasteiger partial charge in [-0.3, -0.25) is 0 Å². The second-order valence-electron chi connectivity index (χ2n) is 7.67. The Morgan fingerprint density at radius 1 is 1.06 bits per heavy atom. The maximum absolute atomic E-state index is 12.5. The Hall–Kier alpha value is -2.42. The molecule has 1 aliphatic rings. The van der Waals surface area contributed by atoms with Crippen LogP contribution in [0.25, 0.3) is 0 Å². The maximum atomic E-state index is 12.5. The van der Waals surface area contributed by atoms with Gasteiger partial charge in [0.2, 0.25) is 10.0 Å². The Morgan fingerprint density at radius 2 is 1.77 bits per heavy atom. The van der Waals surface area contributed by atoms with Crippen LogP contribution in [0.2, 0.25) is 0 Å². The molecular formula is C23H32N4O3S. The van der Waals surface area contributed by atoms with Gasteiger partial charge in [0, 0.05) is 26.2 Å². The molecule has 8 heteroatoms. The molecule has 7 nitrogen and oxygen atoms in total. The SMILES string of the molecule is CCNC(=NCc1ccc(S(=O)(=O)NCC2CCCO2)cc1)NCc1ccc(C)cc1. The van der Waals surface area contributed by atoms with Crippen LogP contribution >= 0.6 is 0 Å². The number of rotatable bonds is 9. The molecule has 0 aliphatic carbocycles. The highest BCUT2D eigenvalue weighted by atomic mass is 32.2. The molecule has 1 atom stereocenters. The third kappa shape index (κ3) is 7.34. The van der Waals surface area contributed by atoms with Crippen molar-refractivity contribution in [2.24, 2.45) is 4.99 Å². The number of aryl methyl sites for hydroxylation is 1. The van der Waals surface area contributed by atoms with Crippen LogP contribution in [-0.2, 0) is 27.8 Å². The lowest BCUT2D eigenvalue weighted by Crippen LogP contribution is -2.36. The molecule has 2 aromatic carbocycles. The first-order valence-electron chi connectivity index (χ1n) is 10.7. The lowest BCUT2D eigenvalue weighted by Gasteiger charge is -2.12. The third-order valence-electron chi connectivity index (χ3n) is 5.10. The summed E-state index contributed by atoms with van der Waals surface area (Å²) >= 11 is 0. The predicted octanol–water partition coefficient (Wildman–Crippen LogP) is 2.71. The number of aliphatic imine (C=N–C) groups is 1. The second kappa shape index (κ2) is 11.3.